The number of hydrogen-bond acceptors (Lipinski definition) is 2. The van der Waals surface area contributed by atoms with Gasteiger partial charge in [0.25, 0.3) is 0 Å². The van der Waals surface area contributed by atoms with Crippen LogP contribution in [0.2, 0.25) is 0 Å². The summed E-state index contributed by atoms with van der Waals surface area (Å²) in [7, 11) is 0. The molecule has 4 heteroatoms. The second-order valence-electron chi connectivity index (χ2n) is 3.98. The van der Waals surface area contributed by atoms with E-state index in [0.717, 1.165) is 19.3 Å². The molecule has 0 aromatic heterocycles. The minimum absolute atomic E-state index is 0.0631. The van der Waals surface area contributed by atoms with E-state index in [4.69, 9.17) is 11.6 Å². The van der Waals surface area contributed by atoms with Gasteiger partial charge in [0.1, 0.15) is 0 Å². The minimum Gasteiger partial charge on any atom is -0.341 e. The maximum atomic E-state index is 11.6. The van der Waals surface area contributed by atoms with Gasteiger partial charge in [0.05, 0.1) is 12.1 Å². The van der Waals surface area contributed by atoms with Crippen LogP contribution in [0.5, 0.6) is 0 Å². The molecule has 2 fully saturated rings. The summed E-state index contributed by atoms with van der Waals surface area (Å²) in [6.45, 7) is 1.95. The van der Waals surface area contributed by atoms with Crippen molar-refractivity contribution in [3.05, 3.63) is 0 Å². The van der Waals surface area contributed by atoms with Gasteiger partial charge in [0, 0.05) is 11.4 Å². The second kappa shape index (κ2) is 3.46. The van der Waals surface area contributed by atoms with E-state index in [0.29, 0.717) is 0 Å². The van der Waals surface area contributed by atoms with Crippen molar-refractivity contribution in [2.75, 3.05) is 0 Å². The van der Waals surface area contributed by atoms with Crippen molar-refractivity contribution in [2.24, 2.45) is 5.92 Å². The van der Waals surface area contributed by atoms with E-state index < -0.39 is 0 Å². The molecule has 74 valence electrons. The molecular weight excluding hydrogens is 188 g/mol. The molecule has 1 saturated heterocycles. The van der Waals surface area contributed by atoms with Crippen LogP contribution in [-0.2, 0) is 4.79 Å². The molecule has 1 aliphatic heterocycles. The molecule has 0 bridgehead atoms. The van der Waals surface area contributed by atoms with E-state index in [1.165, 1.54) is 0 Å². The van der Waals surface area contributed by atoms with E-state index in [1.807, 2.05) is 6.92 Å². The number of rotatable bonds is 0. The molecule has 0 radical (unpaired) electrons. The number of carbonyl (C=O) groups is 1. The highest BCUT2D eigenvalue weighted by molar-refractivity contribution is 6.21. The van der Waals surface area contributed by atoms with E-state index in [-0.39, 0.29) is 29.4 Å². The average molecular weight is 203 g/mol. The van der Waals surface area contributed by atoms with Crippen LogP contribution >= 0.6 is 11.6 Å². The van der Waals surface area contributed by atoms with E-state index >= 15 is 0 Å². The van der Waals surface area contributed by atoms with Gasteiger partial charge in [-0.05, 0) is 19.8 Å². The third kappa shape index (κ3) is 1.67. The summed E-state index contributed by atoms with van der Waals surface area (Å²) >= 11 is 6.18. The topological polar surface area (TPSA) is 41.1 Å². The van der Waals surface area contributed by atoms with Crippen LogP contribution in [0.4, 0.5) is 0 Å². The molecular formula is C9H15ClN2O. The first kappa shape index (κ1) is 9.28. The summed E-state index contributed by atoms with van der Waals surface area (Å²) in [5, 5.41) is 6.34. The van der Waals surface area contributed by atoms with Crippen LogP contribution in [0, 0.1) is 5.92 Å². The zero-order valence-corrected chi connectivity index (χ0v) is 8.47. The Hall–Kier alpha value is -0.280. The number of alkyl halides is 1. The van der Waals surface area contributed by atoms with Gasteiger partial charge in [-0.15, -0.1) is 11.6 Å². The first-order valence-electron chi connectivity index (χ1n) is 4.89. The fourth-order valence-corrected chi connectivity index (χ4v) is 2.71. The van der Waals surface area contributed by atoms with Gasteiger partial charge in [-0.2, -0.15) is 0 Å². The standard InChI is InChI=1S/C9H15ClN2O/c1-5-11-8-6(9(13)12-5)3-2-4-7(8)10/h5-8,11H,2-4H2,1H3,(H,12,13). The van der Waals surface area contributed by atoms with Crippen LogP contribution in [0.1, 0.15) is 26.2 Å². The van der Waals surface area contributed by atoms with Gasteiger partial charge in [-0.1, -0.05) is 6.42 Å². The van der Waals surface area contributed by atoms with Crippen molar-refractivity contribution in [2.45, 2.75) is 43.8 Å². The Bertz CT molecular complexity index is 222. The lowest BCUT2D eigenvalue weighted by atomic mass is 9.82. The monoisotopic (exact) mass is 202 g/mol. The normalized spacial score (nSPS) is 45.2. The summed E-state index contributed by atoms with van der Waals surface area (Å²) in [4.78, 5) is 11.6. The number of fused-ring (bicyclic) bond motifs is 1. The third-order valence-corrected chi connectivity index (χ3v) is 3.45. The molecule has 3 nitrogen and oxygen atoms in total. The number of halogens is 1. The van der Waals surface area contributed by atoms with Crippen LogP contribution in [0.25, 0.3) is 0 Å². The van der Waals surface area contributed by atoms with Crippen LogP contribution in [0.15, 0.2) is 0 Å². The lowest BCUT2D eigenvalue weighted by Crippen LogP contribution is -2.63. The highest BCUT2D eigenvalue weighted by atomic mass is 35.5. The molecule has 2 N–H and O–H groups in total. The lowest BCUT2D eigenvalue weighted by molar-refractivity contribution is -0.130. The third-order valence-electron chi connectivity index (χ3n) is 2.96. The van der Waals surface area contributed by atoms with Crippen LogP contribution in [0.3, 0.4) is 0 Å². The molecule has 1 aliphatic carbocycles. The molecule has 4 atom stereocenters. The molecule has 4 unspecified atom stereocenters. The van der Waals surface area contributed by atoms with Crippen molar-refractivity contribution in [1.82, 2.24) is 10.6 Å². The Morgan fingerprint density at radius 1 is 1.46 bits per heavy atom. The Morgan fingerprint density at radius 2 is 2.23 bits per heavy atom. The zero-order valence-electron chi connectivity index (χ0n) is 7.72. The fraction of sp³-hybridized carbons (Fsp3) is 0.889. The smallest absolute Gasteiger partial charge is 0.225 e. The Balaban J connectivity index is 2.12. The summed E-state index contributed by atoms with van der Waals surface area (Å²) in [5.74, 6) is 0.258. The first-order valence-corrected chi connectivity index (χ1v) is 5.32. The number of carbonyl (C=O) groups excluding carboxylic acids is 1. The van der Waals surface area contributed by atoms with Crippen molar-refractivity contribution in [1.29, 1.82) is 0 Å². The molecule has 0 aromatic rings. The van der Waals surface area contributed by atoms with Gasteiger partial charge in [-0.3, -0.25) is 10.1 Å². The van der Waals surface area contributed by atoms with Crippen molar-refractivity contribution in [3.63, 3.8) is 0 Å². The van der Waals surface area contributed by atoms with E-state index in [9.17, 15) is 4.79 Å². The molecule has 2 rings (SSSR count). The predicted octanol–water partition coefficient (Wildman–Crippen LogP) is 0.828. The van der Waals surface area contributed by atoms with Gasteiger partial charge in [0.15, 0.2) is 0 Å². The molecule has 1 heterocycles. The lowest BCUT2D eigenvalue weighted by Gasteiger charge is -2.41. The first-order chi connectivity index (χ1) is 6.18. The predicted molar refractivity (Wildman–Crippen MR) is 51.5 cm³/mol. The SMILES string of the molecule is CC1NC(=O)C2CCCC(Cl)C2N1. The molecule has 1 saturated carbocycles. The molecule has 13 heavy (non-hydrogen) atoms. The minimum atomic E-state index is 0.0631. The molecule has 0 spiro atoms. The second-order valence-corrected chi connectivity index (χ2v) is 4.54. The highest BCUT2D eigenvalue weighted by Crippen LogP contribution is 2.30. The number of hydrogen-bond donors (Lipinski definition) is 2. The maximum Gasteiger partial charge on any atom is 0.225 e. The van der Waals surface area contributed by atoms with E-state index in [2.05, 4.69) is 10.6 Å². The van der Waals surface area contributed by atoms with Crippen molar-refractivity contribution >= 4 is 17.5 Å². The van der Waals surface area contributed by atoms with Crippen molar-refractivity contribution < 1.29 is 4.79 Å². The average Bonchev–Trinajstić information content (AvgIpc) is 2.07. The highest BCUT2D eigenvalue weighted by Gasteiger charge is 2.40. The molecule has 0 aromatic carbocycles. The summed E-state index contributed by atoms with van der Waals surface area (Å²) in [5.41, 5.74) is 0. The van der Waals surface area contributed by atoms with Crippen LogP contribution in [-0.4, -0.2) is 23.5 Å². The van der Waals surface area contributed by atoms with Gasteiger partial charge < -0.3 is 5.32 Å². The zero-order chi connectivity index (χ0) is 9.42. The van der Waals surface area contributed by atoms with Crippen LogP contribution < -0.4 is 10.6 Å². The van der Waals surface area contributed by atoms with Gasteiger partial charge >= 0.3 is 0 Å². The maximum absolute atomic E-state index is 11.6. The summed E-state index contributed by atoms with van der Waals surface area (Å²) < 4.78 is 0. The Labute approximate surface area is 83.2 Å². The summed E-state index contributed by atoms with van der Waals surface area (Å²) in [6.07, 6.45) is 3.13. The number of amides is 1. The molecule has 2 aliphatic rings. The Kier molecular flexibility index (Phi) is 2.47. The number of nitrogens with one attached hydrogen (secondary N) is 2. The fourth-order valence-electron chi connectivity index (χ4n) is 2.31. The quantitative estimate of drug-likeness (QED) is 0.572. The van der Waals surface area contributed by atoms with Crippen molar-refractivity contribution in [3.8, 4) is 0 Å². The van der Waals surface area contributed by atoms with Gasteiger partial charge in [0.2, 0.25) is 5.91 Å². The molecule has 1 amide bonds. The van der Waals surface area contributed by atoms with E-state index in [1.54, 1.807) is 0 Å². The Morgan fingerprint density at radius 3 is 3.00 bits per heavy atom. The largest absolute Gasteiger partial charge is 0.341 e. The van der Waals surface area contributed by atoms with Gasteiger partial charge in [-0.25, -0.2) is 0 Å². The summed E-state index contributed by atoms with van der Waals surface area (Å²) in [6, 6.07) is 0.180.